The normalized spacial score (nSPS) is 9.78. The molecule has 5 aromatic rings. The summed E-state index contributed by atoms with van der Waals surface area (Å²) in [5.74, 6) is 15.5. The maximum absolute atomic E-state index is 6.09. The first-order chi connectivity index (χ1) is 17.8. The van der Waals surface area contributed by atoms with Crippen LogP contribution in [0.2, 0.25) is 0 Å². The highest BCUT2D eigenvalue weighted by molar-refractivity contribution is 5.48. The molecule has 170 valence electrons. The Morgan fingerprint density at radius 3 is 1.08 bits per heavy atom. The maximum atomic E-state index is 6.09. The van der Waals surface area contributed by atoms with Crippen LogP contribution in [0, 0.1) is 23.7 Å². The molecule has 0 saturated heterocycles. The first-order valence-electron chi connectivity index (χ1n) is 11.6. The third-order valence-electron chi connectivity index (χ3n) is 5.19. The molecule has 36 heavy (non-hydrogen) atoms. The molecule has 0 aliphatic heterocycles. The SMILES string of the molecule is C(#Cc1cccc(Oc2cccc(Oc3cccc(C#Cc4ccccc4)c3)c2)c1)c1ccccc1. The molecule has 0 spiro atoms. The van der Waals surface area contributed by atoms with Crippen molar-refractivity contribution in [2.45, 2.75) is 0 Å². The van der Waals surface area contributed by atoms with Gasteiger partial charge in [-0.05, 0) is 72.8 Å². The number of hydrogen-bond acceptors (Lipinski definition) is 2. The van der Waals surface area contributed by atoms with Crippen LogP contribution in [0.3, 0.4) is 0 Å². The van der Waals surface area contributed by atoms with Gasteiger partial charge in [0, 0.05) is 28.3 Å². The summed E-state index contributed by atoms with van der Waals surface area (Å²) < 4.78 is 12.2. The molecule has 0 radical (unpaired) electrons. The predicted molar refractivity (Wildman–Crippen MR) is 144 cm³/mol. The molecule has 0 atom stereocenters. The molecule has 5 aromatic carbocycles. The van der Waals surface area contributed by atoms with E-state index in [0.29, 0.717) is 23.0 Å². The fraction of sp³-hybridized carbons (Fsp3) is 0. The van der Waals surface area contributed by atoms with Crippen LogP contribution in [-0.4, -0.2) is 0 Å². The summed E-state index contributed by atoms with van der Waals surface area (Å²) in [6.07, 6.45) is 0. The molecule has 0 amide bonds. The lowest BCUT2D eigenvalue weighted by Crippen LogP contribution is -1.88. The third kappa shape index (κ3) is 6.45. The summed E-state index contributed by atoms with van der Waals surface area (Å²) in [7, 11) is 0. The van der Waals surface area contributed by atoms with Gasteiger partial charge in [-0.3, -0.25) is 0 Å². The Balaban J connectivity index is 1.28. The van der Waals surface area contributed by atoms with Gasteiger partial charge in [-0.2, -0.15) is 0 Å². The zero-order valence-corrected chi connectivity index (χ0v) is 19.5. The lowest BCUT2D eigenvalue weighted by atomic mass is 10.2. The van der Waals surface area contributed by atoms with Crippen LogP contribution in [0.1, 0.15) is 22.3 Å². The molecule has 0 saturated carbocycles. The molecule has 0 aliphatic rings. The van der Waals surface area contributed by atoms with Crippen molar-refractivity contribution in [2.24, 2.45) is 0 Å². The van der Waals surface area contributed by atoms with Gasteiger partial charge >= 0.3 is 0 Å². The van der Waals surface area contributed by atoms with Crippen LogP contribution in [-0.2, 0) is 0 Å². The van der Waals surface area contributed by atoms with Gasteiger partial charge in [-0.25, -0.2) is 0 Å². The van der Waals surface area contributed by atoms with Crippen molar-refractivity contribution in [1.29, 1.82) is 0 Å². The van der Waals surface area contributed by atoms with Crippen LogP contribution in [0.5, 0.6) is 23.0 Å². The summed E-state index contributed by atoms with van der Waals surface area (Å²) in [4.78, 5) is 0. The lowest BCUT2D eigenvalue weighted by Gasteiger charge is -2.09. The molecule has 0 unspecified atom stereocenters. The van der Waals surface area contributed by atoms with Crippen LogP contribution in [0.25, 0.3) is 0 Å². The molecule has 0 aliphatic carbocycles. The molecule has 0 bridgehead atoms. The third-order valence-corrected chi connectivity index (χ3v) is 5.19. The van der Waals surface area contributed by atoms with Gasteiger partial charge in [0.1, 0.15) is 23.0 Å². The molecule has 5 rings (SSSR count). The van der Waals surface area contributed by atoms with E-state index < -0.39 is 0 Å². The zero-order chi connectivity index (χ0) is 24.4. The van der Waals surface area contributed by atoms with Gasteiger partial charge in [-0.1, -0.05) is 78.3 Å². The van der Waals surface area contributed by atoms with E-state index in [9.17, 15) is 0 Å². The summed E-state index contributed by atoms with van der Waals surface area (Å²) in [6.45, 7) is 0. The number of ether oxygens (including phenoxy) is 2. The van der Waals surface area contributed by atoms with Gasteiger partial charge in [0.25, 0.3) is 0 Å². The largest absolute Gasteiger partial charge is 0.457 e. The Hall–Kier alpha value is -5.18. The molecule has 2 nitrogen and oxygen atoms in total. The molecule has 0 N–H and O–H groups in total. The van der Waals surface area contributed by atoms with Gasteiger partial charge in [-0.15, -0.1) is 0 Å². The average molecular weight is 463 g/mol. The summed E-state index contributed by atoms with van der Waals surface area (Å²) in [5.41, 5.74) is 3.72. The van der Waals surface area contributed by atoms with Crippen molar-refractivity contribution in [2.75, 3.05) is 0 Å². The van der Waals surface area contributed by atoms with E-state index in [-0.39, 0.29) is 0 Å². The van der Waals surface area contributed by atoms with Crippen molar-refractivity contribution in [3.63, 3.8) is 0 Å². The van der Waals surface area contributed by atoms with Crippen LogP contribution >= 0.6 is 0 Å². The van der Waals surface area contributed by atoms with E-state index in [4.69, 9.17) is 9.47 Å². The molecular weight excluding hydrogens is 440 g/mol. The fourth-order valence-electron chi connectivity index (χ4n) is 3.48. The lowest BCUT2D eigenvalue weighted by molar-refractivity contribution is 0.460. The van der Waals surface area contributed by atoms with E-state index in [1.165, 1.54) is 0 Å². The average Bonchev–Trinajstić information content (AvgIpc) is 2.93. The van der Waals surface area contributed by atoms with Crippen LogP contribution in [0.15, 0.2) is 133 Å². The monoisotopic (exact) mass is 462 g/mol. The van der Waals surface area contributed by atoms with E-state index in [2.05, 4.69) is 23.7 Å². The van der Waals surface area contributed by atoms with Crippen LogP contribution in [0.4, 0.5) is 0 Å². The van der Waals surface area contributed by atoms with Crippen molar-refractivity contribution in [3.05, 3.63) is 156 Å². The number of benzene rings is 5. The minimum Gasteiger partial charge on any atom is -0.457 e. The summed E-state index contributed by atoms with van der Waals surface area (Å²) >= 11 is 0. The maximum Gasteiger partial charge on any atom is 0.131 e. The van der Waals surface area contributed by atoms with Crippen molar-refractivity contribution >= 4 is 0 Å². The second-order valence-corrected chi connectivity index (χ2v) is 7.97. The van der Waals surface area contributed by atoms with Crippen LogP contribution < -0.4 is 9.47 Å². The molecule has 0 fully saturated rings. The Bertz CT molecular complexity index is 1460. The minimum atomic E-state index is 0.681. The summed E-state index contributed by atoms with van der Waals surface area (Å²) in [5, 5.41) is 0. The van der Waals surface area contributed by atoms with E-state index in [1.54, 1.807) is 0 Å². The number of hydrogen-bond donors (Lipinski definition) is 0. The van der Waals surface area contributed by atoms with Gasteiger partial charge in [0.05, 0.1) is 0 Å². The van der Waals surface area contributed by atoms with Crippen molar-refractivity contribution < 1.29 is 9.47 Å². The highest BCUT2D eigenvalue weighted by atomic mass is 16.5. The van der Waals surface area contributed by atoms with Crippen molar-refractivity contribution in [1.82, 2.24) is 0 Å². The molecule has 2 heteroatoms. The highest BCUT2D eigenvalue weighted by Gasteiger charge is 2.03. The molecule has 0 aromatic heterocycles. The Morgan fingerprint density at radius 1 is 0.306 bits per heavy atom. The fourth-order valence-corrected chi connectivity index (χ4v) is 3.48. The predicted octanol–water partition coefficient (Wildman–Crippen LogP) is 8.07. The van der Waals surface area contributed by atoms with E-state index in [0.717, 1.165) is 22.3 Å². The van der Waals surface area contributed by atoms with Gasteiger partial charge in [0.15, 0.2) is 0 Å². The quantitative estimate of drug-likeness (QED) is 0.251. The first kappa shape index (κ1) is 22.6. The molecule has 0 heterocycles. The highest BCUT2D eigenvalue weighted by Crippen LogP contribution is 2.29. The Kier molecular flexibility index (Phi) is 7.09. The number of rotatable bonds is 4. The summed E-state index contributed by atoms with van der Waals surface area (Å²) in [6, 6.07) is 42.9. The molecular formula is C34H22O2. The van der Waals surface area contributed by atoms with Gasteiger partial charge < -0.3 is 9.47 Å². The Labute approximate surface area is 211 Å². The topological polar surface area (TPSA) is 18.5 Å². The van der Waals surface area contributed by atoms with E-state index >= 15 is 0 Å². The second-order valence-electron chi connectivity index (χ2n) is 7.97. The van der Waals surface area contributed by atoms with Gasteiger partial charge in [0.2, 0.25) is 0 Å². The zero-order valence-electron chi connectivity index (χ0n) is 19.5. The van der Waals surface area contributed by atoms with E-state index in [1.807, 2.05) is 133 Å². The minimum absolute atomic E-state index is 0.681. The van der Waals surface area contributed by atoms with Crippen molar-refractivity contribution in [3.8, 4) is 46.7 Å². The Morgan fingerprint density at radius 2 is 0.639 bits per heavy atom. The standard InChI is InChI=1S/C34H22O2/c1-3-10-27(11-4-1)20-22-29-14-7-16-31(24-29)35-33-18-9-19-34(26-33)36-32-17-8-15-30(25-32)23-21-28-12-5-2-6-13-28/h1-19,24-26H. The smallest absolute Gasteiger partial charge is 0.131 e. The first-order valence-corrected chi connectivity index (χ1v) is 11.6. The second kappa shape index (κ2) is 11.3.